The van der Waals surface area contributed by atoms with Crippen LogP contribution in [-0.2, 0) is 24.3 Å². The summed E-state index contributed by atoms with van der Waals surface area (Å²) in [6, 6.07) is 18.4. The minimum atomic E-state index is -0.615. The number of fused-ring (bicyclic) bond motifs is 1. The Kier molecular flexibility index (Phi) is 6.37. The molecule has 2 N–H and O–H groups in total. The average molecular weight is 419 g/mol. The van der Waals surface area contributed by atoms with Crippen LogP contribution in [0.2, 0.25) is 0 Å². The van der Waals surface area contributed by atoms with E-state index in [0.29, 0.717) is 17.5 Å². The molecule has 0 saturated carbocycles. The lowest BCUT2D eigenvalue weighted by molar-refractivity contribution is -0.122. The van der Waals surface area contributed by atoms with Crippen LogP contribution < -0.4 is 10.1 Å². The van der Waals surface area contributed by atoms with E-state index in [2.05, 4.69) is 58.5 Å². The summed E-state index contributed by atoms with van der Waals surface area (Å²) in [6.45, 7) is 8.68. The zero-order chi connectivity index (χ0) is 21.8. The molecule has 0 aliphatic carbocycles. The van der Waals surface area contributed by atoms with Crippen LogP contribution in [0.3, 0.4) is 0 Å². The largest absolute Gasteiger partial charge is 0.481 e. The molecule has 1 aliphatic rings. The van der Waals surface area contributed by atoms with Crippen LogP contribution in [0.5, 0.6) is 5.75 Å². The maximum atomic E-state index is 12.7. The molecule has 0 saturated heterocycles. The van der Waals surface area contributed by atoms with Crippen LogP contribution in [0.15, 0.2) is 54.6 Å². The van der Waals surface area contributed by atoms with Crippen LogP contribution in [-0.4, -0.2) is 33.7 Å². The van der Waals surface area contributed by atoms with Gasteiger partial charge in [0.05, 0.1) is 5.69 Å². The monoisotopic (exact) mass is 418 g/mol. The molecule has 0 radical (unpaired) electrons. The number of H-pyrrole nitrogens is 1. The van der Waals surface area contributed by atoms with E-state index in [-0.39, 0.29) is 5.91 Å². The van der Waals surface area contributed by atoms with E-state index in [1.807, 2.05) is 30.3 Å². The average Bonchev–Trinajstić information content (AvgIpc) is 3.16. The van der Waals surface area contributed by atoms with Gasteiger partial charge in [-0.15, -0.1) is 0 Å². The molecule has 6 nitrogen and oxygen atoms in total. The van der Waals surface area contributed by atoms with Gasteiger partial charge >= 0.3 is 0 Å². The van der Waals surface area contributed by atoms with Crippen molar-refractivity contribution in [3.63, 3.8) is 0 Å². The summed E-state index contributed by atoms with van der Waals surface area (Å²) in [7, 11) is 0. The highest BCUT2D eigenvalue weighted by molar-refractivity contribution is 5.94. The molecule has 2 heterocycles. The standard InChI is InChI=1S/C25H30N4O2/c1-17(2)20-9-11-21(12-10-20)31-18(3)25(30)26-24-22-13-14-29(16-23(22)27-28-24)15-19-7-5-4-6-8-19/h4-12,17-18H,13-16H2,1-3H3,(H2,26,27,28,30). The van der Waals surface area contributed by atoms with Gasteiger partial charge in [-0.05, 0) is 42.5 Å². The Morgan fingerprint density at radius 1 is 1.13 bits per heavy atom. The molecular weight excluding hydrogens is 388 g/mol. The number of carbonyl (C=O) groups is 1. The smallest absolute Gasteiger partial charge is 0.266 e. The third kappa shape index (κ3) is 5.14. The SMILES string of the molecule is CC(Oc1ccc(C(C)C)cc1)C(=O)Nc1n[nH]c2c1CCN(Cc1ccccc1)C2. The molecule has 2 aromatic carbocycles. The number of anilines is 1. The molecule has 0 spiro atoms. The van der Waals surface area contributed by atoms with Gasteiger partial charge in [0.1, 0.15) is 5.75 Å². The number of nitrogens with one attached hydrogen (secondary N) is 2. The second-order valence-electron chi connectivity index (χ2n) is 8.45. The minimum Gasteiger partial charge on any atom is -0.481 e. The van der Waals surface area contributed by atoms with E-state index in [1.165, 1.54) is 11.1 Å². The van der Waals surface area contributed by atoms with Gasteiger partial charge in [0.15, 0.2) is 11.9 Å². The molecular formula is C25H30N4O2. The predicted molar refractivity (Wildman–Crippen MR) is 122 cm³/mol. The number of nitrogens with zero attached hydrogens (tertiary/aromatic N) is 2. The molecule has 0 bridgehead atoms. The van der Waals surface area contributed by atoms with Crippen LogP contribution in [0.4, 0.5) is 5.82 Å². The Morgan fingerprint density at radius 2 is 1.87 bits per heavy atom. The van der Waals surface area contributed by atoms with Crippen molar-refractivity contribution < 1.29 is 9.53 Å². The van der Waals surface area contributed by atoms with E-state index >= 15 is 0 Å². The number of ether oxygens (including phenoxy) is 1. The van der Waals surface area contributed by atoms with Gasteiger partial charge in [-0.25, -0.2) is 0 Å². The molecule has 1 aromatic heterocycles. The van der Waals surface area contributed by atoms with Gasteiger partial charge in [-0.1, -0.05) is 56.3 Å². The van der Waals surface area contributed by atoms with Crippen molar-refractivity contribution >= 4 is 11.7 Å². The zero-order valence-corrected chi connectivity index (χ0v) is 18.4. The third-order valence-corrected chi connectivity index (χ3v) is 5.73. The summed E-state index contributed by atoms with van der Waals surface area (Å²) in [4.78, 5) is 15.1. The molecule has 0 fully saturated rings. The first-order valence-corrected chi connectivity index (χ1v) is 10.9. The predicted octanol–water partition coefficient (Wildman–Crippen LogP) is 4.50. The second kappa shape index (κ2) is 9.35. The molecule has 3 aromatic rings. The summed E-state index contributed by atoms with van der Waals surface area (Å²) in [5.41, 5.74) is 4.70. The lowest BCUT2D eigenvalue weighted by Crippen LogP contribution is -2.32. The Labute approximate surface area is 183 Å². The summed E-state index contributed by atoms with van der Waals surface area (Å²) in [6.07, 6.45) is 0.232. The number of aromatic nitrogens is 2. The fourth-order valence-electron chi connectivity index (χ4n) is 3.86. The van der Waals surface area contributed by atoms with Gasteiger partial charge in [0.25, 0.3) is 5.91 Å². The number of aromatic amines is 1. The quantitative estimate of drug-likeness (QED) is 0.593. The fraction of sp³-hybridized carbons (Fsp3) is 0.360. The Morgan fingerprint density at radius 3 is 2.58 bits per heavy atom. The van der Waals surface area contributed by atoms with E-state index < -0.39 is 6.10 Å². The van der Waals surface area contributed by atoms with Gasteiger partial charge in [0.2, 0.25) is 0 Å². The van der Waals surface area contributed by atoms with Crippen molar-refractivity contribution in [3.05, 3.63) is 77.0 Å². The van der Waals surface area contributed by atoms with Gasteiger partial charge in [-0.2, -0.15) is 5.10 Å². The molecule has 6 heteroatoms. The van der Waals surface area contributed by atoms with E-state index in [4.69, 9.17) is 4.74 Å². The lowest BCUT2D eigenvalue weighted by atomic mass is 10.0. The number of hydrogen-bond acceptors (Lipinski definition) is 4. The molecule has 31 heavy (non-hydrogen) atoms. The molecule has 1 atom stereocenters. The molecule has 1 amide bonds. The highest BCUT2D eigenvalue weighted by Crippen LogP contribution is 2.25. The zero-order valence-electron chi connectivity index (χ0n) is 18.4. The Bertz CT molecular complexity index is 1010. The summed E-state index contributed by atoms with van der Waals surface area (Å²) < 4.78 is 5.83. The normalized spacial score (nSPS) is 14.8. The fourth-order valence-corrected chi connectivity index (χ4v) is 3.86. The number of rotatable bonds is 7. The maximum Gasteiger partial charge on any atom is 0.266 e. The Hall–Kier alpha value is -3.12. The molecule has 1 unspecified atom stereocenters. The molecule has 4 rings (SSSR count). The summed E-state index contributed by atoms with van der Waals surface area (Å²) in [5.74, 6) is 1.57. The highest BCUT2D eigenvalue weighted by Gasteiger charge is 2.24. The van der Waals surface area contributed by atoms with Gasteiger partial charge in [0, 0.05) is 25.2 Å². The summed E-state index contributed by atoms with van der Waals surface area (Å²) >= 11 is 0. The van der Waals surface area contributed by atoms with Crippen LogP contribution in [0.1, 0.15) is 49.1 Å². The molecule has 1 aliphatic heterocycles. The van der Waals surface area contributed by atoms with Crippen molar-refractivity contribution in [2.24, 2.45) is 0 Å². The maximum absolute atomic E-state index is 12.7. The van der Waals surface area contributed by atoms with Crippen molar-refractivity contribution in [3.8, 4) is 5.75 Å². The van der Waals surface area contributed by atoms with Crippen LogP contribution in [0.25, 0.3) is 0 Å². The topological polar surface area (TPSA) is 70.2 Å². The van der Waals surface area contributed by atoms with Crippen molar-refractivity contribution in [2.75, 3.05) is 11.9 Å². The highest BCUT2D eigenvalue weighted by atomic mass is 16.5. The first kappa shape index (κ1) is 21.1. The van der Waals surface area contributed by atoms with Gasteiger partial charge in [-0.3, -0.25) is 14.8 Å². The van der Waals surface area contributed by atoms with Crippen molar-refractivity contribution in [1.82, 2.24) is 15.1 Å². The van der Waals surface area contributed by atoms with E-state index in [1.54, 1.807) is 6.92 Å². The van der Waals surface area contributed by atoms with Crippen molar-refractivity contribution in [1.29, 1.82) is 0 Å². The number of hydrogen-bond donors (Lipinski definition) is 2. The van der Waals surface area contributed by atoms with E-state index in [0.717, 1.165) is 37.3 Å². The number of benzene rings is 2. The van der Waals surface area contributed by atoms with Crippen LogP contribution >= 0.6 is 0 Å². The van der Waals surface area contributed by atoms with Gasteiger partial charge < -0.3 is 10.1 Å². The third-order valence-electron chi connectivity index (χ3n) is 5.73. The minimum absolute atomic E-state index is 0.200. The first-order chi connectivity index (χ1) is 15.0. The first-order valence-electron chi connectivity index (χ1n) is 10.9. The summed E-state index contributed by atoms with van der Waals surface area (Å²) in [5, 5.41) is 10.4. The number of amides is 1. The lowest BCUT2D eigenvalue weighted by Gasteiger charge is -2.26. The Balaban J connectivity index is 1.34. The number of carbonyl (C=O) groups excluding carboxylic acids is 1. The second-order valence-corrected chi connectivity index (χ2v) is 8.45. The van der Waals surface area contributed by atoms with E-state index in [9.17, 15) is 4.79 Å². The van der Waals surface area contributed by atoms with Crippen molar-refractivity contribution in [2.45, 2.75) is 52.3 Å². The molecule has 162 valence electrons. The van der Waals surface area contributed by atoms with Crippen LogP contribution in [0, 0.1) is 0 Å².